The molecule has 2 aromatic heterocycles. The number of benzene rings is 1. The molecule has 2 aliphatic rings. The van der Waals surface area contributed by atoms with Crippen molar-refractivity contribution < 1.29 is 23.0 Å². The number of carbonyl (C=O) groups is 1. The molecule has 5 rings (SSSR count). The van der Waals surface area contributed by atoms with Crippen molar-refractivity contribution in [1.82, 2.24) is 19.5 Å². The molecule has 1 aliphatic heterocycles. The fraction of sp³-hybridized carbons (Fsp3) is 0.500. The molecule has 36 heavy (non-hydrogen) atoms. The van der Waals surface area contributed by atoms with Crippen LogP contribution in [0.5, 0.6) is 5.75 Å². The molecule has 10 nitrogen and oxygen atoms in total. The summed E-state index contributed by atoms with van der Waals surface area (Å²) in [5.41, 5.74) is 6.53. The van der Waals surface area contributed by atoms with Crippen molar-refractivity contribution in [3.05, 3.63) is 30.0 Å². The SMILES string of the molecule is COc1ccc(Nc2nc3cnc(NC4CCOCC4)nc3n2C2CCC(C(N)=O)CC2)c(F)c1F. The number of halogens is 2. The maximum absolute atomic E-state index is 14.8. The zero-order valence-electron chi connectivity index (χ0n) is 20.0. The topological polar surface area (TPSA) is 129 Å². The standard InChI is InChI=1S/C24H29F2N7O3/c1-35-18-7-6-16(19(25)20(18)26)30-24-31-17-12-28-23(29-14-8-10-36-11-9-14)32-22(17)33(24)15-4-2-13(3-5-15)21(27)34/h6-7,12-15H,2-5,8-11H2,1H3,(H2,27,34)(H,30,31)(H,28,29,32). The first-order chi connectivity index (χ1) is 17.4. The molecule has 1 aliphatic carbocycles. The Labute approximate surface area is 206 Å². The summed E-state index contributed by atoms with van der Waals surface area (Å²) in [6.07, 6.45) is 5.91. The zero-order chi connectivity index (χ0) is 25.2. The van der Waals surface area contributed by atoms with E-state index in [1.54, 1.807) is 6.20 Å². The van der Waals surface area contributed by atoms with Crippen LogP contribution in [0.3, 0.4) is 0 Å². The van der Waals surface area contributed by atoms with E-state index in [2.05, 4.69) is 20.6 Å². The smallest absolute Gasteiger partial charge is 0.224 e. The van der Waals surface area contributed by atoms with Gasteiger partial charge < -0.3 is 25.8 Å². The van der Waals surface area contributed by atoms with E-state index in [9.17, 15) is 13.6 Å². The second kappa shape index (κ2) is 10.2. The summed E-state index contributed by atoms with van der Waals surface area (Å²) in [6, 6.07) is 2.88. The van der Waals surface area contributed by atoms with Gasteiger partial charge in [0.05, 0.1) is 19.0 Å². The Kier molecular flexibility index (Phi) is 6.86. The van der Waals surface area contributed by atoms with Crippen molar-refractivity contribution in [2.24, 2.45) is 11.7 Å². The van der Waals surface area contributed by atoms with Gasteiger partial charge >= 0.3 is 0 Å². The normalized spacial score (nSPS) is 20.9. The molecule has 1 saturated carbocycles. The first kappa shape index (κ1) is 24.2. The molecule has 0 atom stereocenters. The Morgan fingerprint density at radius 1 is 1.11 bits per heavy atom. The minimum absolute atomic E-state index is 0.0647. The first-order valence-corrected chi connectivity index (χ1v) is 12.1. The highest BCUT2D eigenvalue weighted by molar-refractivity contribution is 5.78. The fourth-order valence-corrected chi connectivity index (χ4v) is 4.94. The third kappa shape index (κ3) is 4.77. The third-order valence-corrected chi connectivity index (χ3v) is 6.96. The molecule has 1 amide bonds. The molecule has 2 fully saturated rings. The molecule has 0 bridgehead atoms. The number of primary amides is 1. The van der Waals surface area contributed by atoms with Gasteiger partial charge in [-0.05, 0) is 50.7 Å². The van der Waals surface area contributed by atoms with Crippen LogP contribution in [-0.4, -0.2) is 51.8 Å². The van der Waals surface area contributed by atoms with Crippen LogP contribution in [0.2, 0.25) is 0 Å². The Balaban J connectivity index is 1.51. The minimum atomic E-state index is -1.09. The van der Waals surface area contributed by atoms with Gasteiger partial charge in [-0.2, -0.15) is 9.37 Å². The monoisotopic (exact) mass is 501 g/mol. The summed E-state index contributed by atoms with van der Waals surface area (Å²) in [5.74, 6) is -2.05. The zero-order valence-corrected chi connectivity index (χ0v) is 20.0. The van der Waals surface area contributed by atoms with Crippen LogP contribution < -0.4 is 21.1 Å². The fourth-order valence-electron chi connectivity index (χ4n) is 4.94. The van der Waals surface area contributed by atoms with E-state index in [1.165, 1.54) is 19.2 Å². The Morgan fingerprint density at radius 3 is 2.56 bits per heavy atom. The van der Waals surface area contributed by atoms with Crippen molar-refractivity contribution in [2.75, 3.05) is 31.0 Å². The van der Waals surface area contributed by atoms with Crippen molar-refractivity contribution >= 4 is 34.7 Å². The van der Waals surface area contributed by atoms with Gasteiger partial charge in [-0.3, -0.25) is 9.36 Å². The van der Waals surface area contributed by atoms with E-state index < -0.39 is 11.6 Å². The number of methoxy groups -OCH3 is 1. The molecule has 0 spiro atoms. The quantitative estimate of drug-likeness (QED) is 0.447. The van der Waals surface area contributed by atoms with Crippen molar-refractivity contribution in [1.29, 1.82) is 0 Å². The number of nitrogens with zero attached hydrogens (tertiary/aromatic N) is 4. The van der Waals surface area contributed by atoms with Gasteiger partial charge in [-0.15, -0.1) is 0 Å². The summed E-state index contributed by atoms with van der Waals surface area (Å²) in [4.78, 5) is 25.5. The lowest BCUT2D eigenvalue weighted by atomic mass is 9.85. The maximum atomic E-state index is 14.8. The van der Waals surface area contributed by atoms with Gasteiger partial charge in [0.15, 0.2) is 17.2 Å². The van der Waals surface area contributed by atoms with Crippen molar-refractivity contribution in [3.8, 4) is 5.75 Å². The first-order valence-electron chi connectivity index (χ1n) is 12.1. The lowest BCUT2D eigenvalue weighted by Crippen LogP contribution is -2.29. The Hall–Kier alpha value is -3.54. The lowest BCUT2D eigenvalue weighted by molar-refractivity contribution is -0.122. The lowest BCUT2D eigenvalue weighted by Gasteiger charge is -2.29. The van der Waals surface area contributed by atoms with E-state index in [0.717, 1.165) is 12.8 Å². The summed E-state index contributed by atoms with van der Waals surface area (Å²) in [5, 5.41) is 6.30. The molecule has 12 heteroatoms. The number of rotatable bonds is 7. The van der Waals surface area contributed by atoms with Gasteiger partial charge in [-0.25, -0.2) is 14.4 Å². The van der Waals surface area contributed by atoms with E-state index in [-0.39, 0.29) is 35.3 Å². The van der Waals surface area contributed by atoms with Crippen LogP contribution in [0, 0.1) is 17.6 Å². The van der Waals surface area contributed by atoms with Crippen LogP contribution >= 0.6 is 0 Å². The summed E-state index contributed by atoms with van der Waals surface area (Å²) in [7, 11) is 1.28. The van der Waals surface area contributed by atoms with Gasteiger partial charge in [0.2, 0.25) is 23.6 Å². The van der Waals surface area contributed by atoms with E-state index >= 15 is 0 Å². The second-order valence-corrected chi connectivity index (χ2v) is 9.22. The third-order valence-electron chi connectivity index (χ3n) is 6.96. The highest BCUT2D eigenvalue weighted by atomic mass is 19.2. The second-order valence-electron chi connectivity index (χ2n) is 9.22. The Bertz CT molecular complexity index is 1250. The molecule has 0 unspecified atom stereocenters. The number of amides is 1. The summed E-state index contributed by atoms with van der Waals surface area (Å²) in [6.45, 7) is 1.36. The summed E-state index contributed by atoms with van der Waals surface area (Å²) < 4.78 is 41.3. The maximum Gasteiger partial charge on any atom is 0.224 e. The number of nitrogens with one attached hydrogen (secondary N) is 2. The van der Waals surface area contributed by atoms with E-state index in [4.69, 9.17) is 20.2 Å². The van der Waals surface area contributed by atoms with Gasteiger partial charge in [0, 0.05) is 31.2 Å². The molecule has 3 heterocycles. The van der Waals surface area contributed by atoms with Crippen LogP contribution in [0.4, 0.5) is 26.4 Å². The number of carbonyl (C=O) groups excluding carboxylic acids is 1. The highest BCUT2D eigenvalue weighted by Crippen LogP contribution is 2.37. The van der Waals surface area contributed by atoms with Crippen LogP contribution in [0.25, 0.3) is 11.2 Å². The van der Waals surface area contributed by atoms with Crippen LogP contribution in [0.15, 0.2) is 18.3 Å². The average Bonchev–Trinajstić information content (AvgIpc) is 3.24. The number of hydrogen-bond acceptors (Lipinski definition) is 8. The number of ether oxygens (including phenoxy) is 2. The van der Waals surface area contributed by atoms with Gasteiger partial charge in [0.25, 0.3) is 0 Å². The Morgan fingerprint density at radius 2 is 1.86 bits per heavy atom. The van der Waals surface area contributed by atoms with Crippen molar-refractivity contribution in [2.45, 2.75) is 50.6 Å². The number of nitrogens with two attached hydrogens (primary N) is 1. The highest BCUT2D eigenvalue weighted by Gasteiger charge is 2.30. The van der Waals surface area contributed by atoms with E-state index in [1.807, 2.05) is 4.57 Å². The molecule has 4 N–H and O–H groups in total. The van der Waals surface area contributed by atoms with Crippen molar-refractivity contribution in [3.63, 3.8) is 0 Å². The van der Waals surface area contributed by atoms with Gasteiger partial charge in [0.1, 0.15) is 5.52 Å². The summed E-state index contributed by atoms with van der Waals surface area (Å²) >= 11 is 0. The number of hydrogen-bond donors (Lipinski definition) is 3. The average molecular weight is 502 g/mol. The number of anilines is 3. The number of aromatic nitrogens is 4. The number of imidazole rings is 1. The molecule has 3 aromatic rings. The van der Waals surface area contributed by atoms with E-state index in [0.29, 0.717) is 62.0 Å². The predicted molar refractivity (Wildman–Crippen MR) is 129 cm³/mol. The minimum Gasteiger partial charge on any atom is -0.494 e. The molecule has 192 valence electrons. The number of fused-ring (bicyclic) bond motifs is 1. The molecular weight excluding hydrogens is 472 g/mol. The van der Waals surface area contributed by atoms with Crippen LogP contribution in [-0.2, 0) is 9.53 Å². The predicted octanol–water partition coefficient (Wildman–Crippen LogP) is 3.66. The van der Waals surface area contributed by atoms with Gasteiger partial charge in [-0.1, -0.05) is 0 Å². The van der Waals surface area contributed by atoms with Crippen LogP contribution in [0.1, 0.15) is 44.6 Å². The molecule has 1 saturated heterocycles. The molecule has 0 radical (unpaired) electrons. The molecular formula is C24H29F2N7O3. The largest absolute Gasteiger partial charge is 0.494 e. The molecule has 1 aromatic carbocycles.